The van der Waals surface area contributed by atoms with Crippen molar-refractivity contribution >= 4 is 27.5 Å². The van der Waals surface area contributed by atoms with Crippen LogP contribution in [0.5, 0.6) is 11.5 Å². The van der Waals surface area contributed by atoms with Gasteiger partial charge in [0.05, 0.1) is 30.4 Å². The zero-order valence-electron chi connectivity index (χ0n) is 16.7. The van der Waals surface area contributed by atoms with E-state index in [0.29, 0.717) is 6.61 Å². The summed E-state index contributed by atoms with van der Waals surface area (Å²) >= 11 is 0. The molecule has 0 saturated heterocycles. The normalized spacial score (nSPS) is 11.3. The Balaban J connectivity index is 1.91. The molecule has 0 radical (unpaired) electrons. The monoisotopic (exact) mass is 367 g/mol. The molecule has 3 rings (SSSR count). The minimum absolute atomic E-state index is 0.658. The zero-order chi connectivity index (χ0) is 19.2. The molecule has 5 nitrogen and oxygen atoms in total. The van der Waals surface area contributed by atoms with E-state index in [1.54, 1.807) is 7.11 Å². The van der Waals surface area contributed by atoms with Crippen LogP contribution in [0.3, 0.4) is 0 Å². The van der Waals surface area contributed by atoms with Crippen LogP contribution < -0.4 is 14.8 Å². The average Bonchev–Trinajstić information content (AvgIpc) is 2.71. The minimum Gasteiger partial charge on any atom is -0.493 e. The first-order valence-corrected chi connectivity index (χ1v) is 9.65. The van der Waals surface area contributed by atoms with Crippen molar-refractivity contribution in [2.24, 2.45) is 0 Å². The van der Waals surface area contributed by atoms with Crippen LogP contribution in [0.25, 0.3) is 21.8 Å². The Kier molecular flexibility index (Phi) is 6.35. The number of aromatic nitrogens is 1. The first-order chi connectivity index (χ1) is 13.2. The van der Waals surface area contributed by atoms with Crippen molar-refractivity contribution in [3.05, 3.63) is 36.4 Å². The van der Waals surface area contributed by atoms with E-state index < -0.39 is 0 Å². The van der Waals surface area contributed by atoms with Crippen molar-refractivity contribution in [2.75, 3.05) is 45.7 Å². The number of nitrogens with zero attached hydrogens (tertiary/aromatic N) is 2. The highest BCUT2D eigenvalue weighted by Crippen LogP contribution is 2.37. The Bertz CT molecular complexity index is 907. The largest absolute Gasteiger partial charge is 0.493 e. The lowest BCUT2D eigenvalue weighted by Gasteiger charge is -2.18. The van der Waals surface area contributed by atoms with E-state index in [0.717, 1.165) is 65.0 Å². The Morgan fingerprint density at radius 1 is 1.00 bits per heavy atom. The maximum Gasteiger partial charge on any atom is 0.163 e. The van der Waals surface area contributed by atoms with Crippen LogP contribution in [0.2, 0.25) is 0 Å². The van der Waals surface area contributed by atoms with Gasteiger partial charge >= 0.3 is 0 Å². The van der Waals surface area contributed by atoms with Gasteiger partial charge in [-0.25, -0.2) is 4.98 Å². The Labute approximate surface area is 161 Å². The molecule has 0 amide bonds. The molecule has 1 aromatic heterocycles. The molecule has 0 aliphatic rings. The molecule has 0 aliphatic heterocycles. The maximum atomic E-state index is 6.05. The number of rotatable bonds is 9. The highest BCUT2D eigenvalue weighted by molar-refractivity contribution is 6.08. The van der Waals surface area contributed by atoms with E-state index in [4.69, 9.17) is 14.5 Å². The molecule has 0 saturated carbocycles. The fourth-order valence-corrected chi connectivity index (χ4v) is 3.45. The predicted octanol–water partition coefficient (Wildman–Crippen LogP) is 4.55. The second kappa shape index (κ2) is 8.91. The number of hydrogen-bond donors (Lipinski definition) is 1. The van der Waals surface area contributed by atoms with Crippen molar-refractivity contribution in [1.29, 1.82) is 0 Å². The predicted molar refractivity (Wildman–Crippen MR) is 113 cm³/mol. The van der Waals surface area contributed by atoms with E-state index >= 15 is 0 Å². The van der Waals surface area contributed by atoms with E-state index in [-0.39, 0.29) is 0 Å². The fraction of sp³-hybridized carbons (Fsp3) is 0.409. The quantitative estimate of drug-likeness (QED) is 0.444. The standard InChI is InChI=1S/C22H29N3O2/c1-5-25(6-2)12-9-13-27-21-15-19-17(14-20(21)26-4)22(23-3)16-10-7-8-11-18(16)24-19/h7-8,10-11,14-15H,5-6,9,12-13H2,1-4H3,(H,23,24). The molecule has 0 unspecified atom stereocenters. The topological polar surface area (TPSA) is 46.6 Å². The second-order valence-corrected chi connectivity index (χ2v) is 6.50. The van der Waals surface area contributed by atoms with Crippen LogP contribution in [0, 0.1) is 0 Å². The molecular weight excluding hydrogens is 338 g/mol. The molecule has 0 aliphatic carbocycles. The highest BCUT2D eigenvalue weighted by Gasteiger charge is 2.13. The molecule has 0 atom stereocenters. The molecule has 1 heterocycles. The van der Waals surface area contributed by atoms with Crippen LogP contribution in [-0.4, -0.2) is 50.3 Å². The van der Waals surface area contributed by atoms with Gasteiger partial charge in [-0.05, 0) is 31.6 Å². The summed E-state index contributed by atoms with van der Waals surface area (Å²) in [6.07, 6.45) is 0.982. The van der Waals surface area contributed by atoms with Crippen molar-refractivity contribution in [3.63, 3.8) is 0 Å². The third-order valence-electron chi connectivity index (χ3n) is 4.99. The fourth-order valence-electron chi connectivity index (χ4n) is 3.45. The van der Waals surface area contributed by atoms with Crippen molar-refractivity contribution in [3.8, 4) is 11.5 Å². The third kappa shape index (κ3) is 4.08. The highest BCUT2D eigenvalue weighted by atomic mass is 16.5. The first kappa shape index (κ1) is 19.2. The zero-order valence-corrected chi connectivity index (χ0v) is 16.7. The number of benzene rings is 2. The molecule has 2 aromatic carbocycles. The van der Waals surface area contributed by atoms with Crippen molar-refractivity contribution in [1.82, 2.24) is 9.88 Å². The van der Waals surface area contributed by atoms with E-state index in [9.17, 15) is 0 Å². The molecule has 27 heavy (non-hydrogen) atoms. The molecule has 144 valence electrons. The maximum absolute atomic E-state index is 6.05. The summed E-state index contributed by atoms with van der Waals surface area (Å²) in [5.74, 6) is 1.48. The molecular formula is C22H29N3O2. The van der Waals surface area contributed by atoms with Gasteiger partial charge in [-0.3, -0.25) is 0 Å². The average molecular weight is 367 g/mol. The molecule has 5 heteroatoms. The van der Waals surface area contributed by atoms with Crippen LogP contribution in [0.4, 0.5) is 5.69 Å². The smallest absolute Gasteiger partial charge is 0.163 e. The summed E-state index contributed by atoms with van der Waals surface area (Å²) in [5.41, 5.74) is 2.92. The molecule has 0 bridgehead atoms. The summed E-state index contributed by atoms with van der Waals surface area (Å²) in [5, 5.41) is 5.45. The van der Waals surface area contributed by atoms with Gasteiger partial charge in [0.15, 0.2) is 11.5 Å². The molecule has 3 aromatic rings. The summed E-state index contributed by atoms with van der Waals surface area (Å²) in [4.78, 5) is 7.22. The van der Waals surface area contributed by atoms with E-state index in [1.807, 2.05) is 37.4 Å². The summed E-state index contributed by atoms with van der Waals surface area (Å²) < 4.78 is 11.6. The van der Waals surface area contributed by atoms with Gasteiger partial charge in [0.2, 0.25) is 0 Å². The van der Waals surface area contributed by atoms with Gasteiger partial charge in [0.25, 0.3) is 0 Å². The van der Waals surface area contributed by atoms with Gasteiger partial charge in [-0.1, -0.05) is 32.0 Å². The minimum atomic E-state index is 0.658. The lowest BCUT2D eigenvalue weighted by Crippen LogP contribution is -2.25. The van der Waals surface area contributed by atoms with Gasteiger partial charge < -0.3 is 19.7 Å². The Hall–Kier alpha value is -2.53. The van der Waals surface area contributed by atoms with Crippen molar-refractivity contribution < 1.29 is 9.47 Å². The van der Waals surface area contributed by atoms with E-state index in [1.165, 1.54) is 0 Å². The molecule has 1 N–H and O–H groups in total. The van der Waals surface area contributed by atoms with Gasteiger partial charge in [0.1, 0.15) is 0 Å². The second-order valence-electron chi connectivity index (χ2n) is 6.50. The van der Waals surface area contributed by atoms with E-state index in [2.05, 4.69) is 30.1 Å². The number of methoxy groups -OCH3 is 1. The molecule has 0 spiro atoms. The number of nitrogens with one attached hydrogen (secondary N) is 1. The Morgan fingerprint density at radius 2 is 1.78 bits per heavy atom. The van der Waals surface area contributed by atoms with Gasteiger partial charge in [-0.15, -0.1) is 0 Å². The molecule has 0 fully saturated rings. The Morgan fingerprint density at radius 3 is 2.48 bits per heavy atom. The number of fused-ring (bicyclic) bond motifs is 2. The van der Waals surface area contributed by atoms with Gasteiger partial charge in [-0.2, -0.15) is 0 Å². The lowest BCUT2D eigenvalue weighted by molar-refractivity contribution is 0.243. The van der Waals surface area contributed by atoms with Crippen LogP contribution >= 0.6 is 0 Å². The number of pyridine rings is 1. The first-order valence-electron chi connectivity index (χ1n) is 9.65. The van der Waals surface area contributed by atoms with Crippen LogP contribution in [0.15, 0.2) is 36.4 Å². The van der Waals surface area contributed by atoms with Crippen LogP contribution in [-0.2, 0) is 0 Å². The number of anilines is 1. The third-order valence-corrected chi connectivity index (χ3v) is 4.99. The SMILES string of the molecule is CCN(CC)CCCOc1cc2nc3ccccc3c(NC)c2cc1OC. The number of hydrogen-bond acceptors (Lipinski definition) is 5. The summed E-state index contributed by atoms with van der Waals surface area (Å²) in [7, 11) is 3.61. The van der Waals surface area contributed by atoms with Crippen LogP contribution in [0.1, 0.15) is 20.3 Å². The van der Waals surface area contributed by atoms with Gasteiger partial charge in [0, 0.05) is 30.4 Å². The number of para-hydroxylation sites is 1. The lowest BCUT2D eigenvalue weighted by atomic mass is 10.1. The summed E-state index contributed by atoms with van der Waals surface area (Å²) in [6, 6.07) is 12.2. The van der Waals surface area contributed by atoms with Crippen molar-refractivity contribution in [2.45, 2.75) is 20.3 Å². The number of ether oxygens (including phenoxy) is 2. The summed E-state index contributed by atoms with van der Waals surface area (Å²) in [6.45, 7) is 8.21.